The van der Waals surface area contributed by atoms with Crippen LogP contribution in [0.1, 0.15) is 140 Å². The Morgan fingerprint density at radius 3 is 1.62 bits per heavy atom. The van der Waals surface area contributed by atoms with Gasteiger partial charge >= 0.3 is 242 Å². The molecule has 0 aliphatic heterocycles. The maximum absolute atomic E-state index is 14.3. The number of halogens is 1. The van der Waals surface area contributed by atoms with E-state index in [1.54, 1.807) is 12.1 Å². The van der Waals surface area contributed by atoms with Crippen molar-refractivity contribution >= 4 is 18.0 Å². The van der Waals surface area contributed by atoms with E-state index in [2.05, 4.69) is 69.3 Å². The zero-order chi connectivity index (χ0) is 27.8. The Hall–Kier alpha value is -1.46. The standard InChI is InChI=1S/C37H58FP/c1-4-7-9-11-13-14-15-17-21-32-39(30-6-3,31-20-16-12-10-8-5-2,35-27-25-34(38)26-28-35)37-29-24-33-22-18-19-23-36(33)37/h18-19,22-29,37H,4-17,20-21,30-32H2,1-3H3. The average Bonchev–Trinajstić information content (AvgIpc) is 3.40. The Morgan fingerprint density at radius 2 is 1.08 bits per heavy atom. The van der Waals surface area contributed by atoms with Crippen LogP contribution in [-0.4, -0.2) is 18.5 Å². The molecule has 2 aromatic rings. The summed E-state index contributed by atoms with van der Waals surface area (Å²) < 4.78 is 14.3. The van der Waals surface area contributed by atoms with E-state index < -0.39 is 6.60 Å². The van der Waals surface area contributed by atoms with Gasteiger partial charge in [0.25, 0.3) is 0 Å². The van der Waals surface area contributed by atoms with Crippen molar-refractivity contribution in [3.05, 3.63) is 71.6 Å². The minimum absolute atomic E-state index is 0.100. The van der Waals surface area contributed by atoms with E-state index in [1.807, 2.05) is 0 Å². The molecule has 1 unspecified atom stereocenters. The van der Waals surface area contributed by atoms with Crippen molar-refractivity contribution in [2.24, 2.45) is 0 Å². The van der Waals surface area contributed by atoms with Gasteiger partial charge in [-0.05, 0) is 0 Å². The van der Waals surface area contributed by atoms with E-state index >= 15 is 0 Å². The molecular weight excluding hydrogens is 494 g/mol. The molecule has 1 aliphatic carbocycles. The monoisotopic (exact) mass is 552 g/mol. The Kier molecular flexibility index (Phi) is 13.7. The van der Waals surface area contributed by atoms with Crippen LogP contribution in [0.25, 0.3) is 6.08 Å². The van der Waals surface area contributed by atoms with E-state index in [4.69, 9.17) is 0 Å². The predicted octanol–water partition coefficient (Wildman–Crippen LogP) is 12.1. The zero-order valence-electron chi connectivity index (χ0n) is 25.6. The number of fused-ring (bicyclic) bond motifs is 1. The van der Waals surface area contributed by atoms with Crippen molar-refractivity contribution < 1.29 is 4.39 Å². The summed E-state index contributed by atoms with van der Waals surface area (Å²) in [6.45, 7) is 4.51. The molecule has 2 aromatic carbocycles. The molecule has 0 nitrogen and oxygen atoms in total. The molecule has 0 heterocycles. The van der Waals surface area contributed by atoms with Crippen molar-refractivity contribution in [2.75, 3.05) is 18.5 Å². The molecule has 0 spiro atoms. The second-order valence-electron chi connectivity index (χ2n) is 12.5. The van der Waals surface area contributed by atoms with E-state index in [1.165, 1.54) is 138 Å². The number of rotatable bonds is 21. The van der Waals surface area contributed by atoms with Gasteiger partial charge in [-0.1, -0.05) is 0 Å². The molecular formula is C37H58FP. The molecule has 0 radical (unpaired) electrons. The van der Waals surface area contributed by atoms with Gasteiger partial charge in [-0.15, -0.1) is 0 Å². The van der Waals surface area contributed by atoms with E-state index in [9.17, 15) is 4.39 Å². The Bertz CT molecular complexity index is 979. The van der Waals surface area contributed by atoms with Gasteiger partial charge in [0.1, 0.15) is 0 Å². The van der Waals surface area contributed by atoms with Crippen molar-refractivity contribution in [2.45, 2.75) is 129 Å². The van der Waals surface area contributed by atoms with Crippen molar-refractivity contribution in [3.8, 4) is 0 Å². The number of unbranched alkanes of at least 4 members (excludes halogenated alkanes) is 13. The Labute approximate surface area is 241 Å². The topological polar surface area (TPSA) is 0 Å². The molecule has 0 fully saturated rings. The normalized spacial score (nSPS) is 15.8. The second kappa shape index (κ2) is 16.7. The molecule has 218 valence electrons. The van der Waals surface area contributed by atoms with E-state index in [0.29, 0.717) is 5.66 Å². The average molecular weight is 553 g/mol. The maximum atomic E-state index is 14.3. The zero-order valence-corrected chi connectivity index (χ0v) is 26.5. The molecule has 3 rings (SSSR count). The van der Waals surface area contributed by atoms with Crippen LogP contribution in [-0.2, 0) is 0 Å². The Balaban J connectivity index is 1.91. The number of hydrogen-bond donors (Lipinski definition) is 0. The molecule has 1 aliphatic rings. The van der Waals surface area contributed by atoms with Gasteiger partial charge < -0.3 is 0 Å². The summed E-state index contributed by atoms with van der Waals surface area (Å²) >= 11 is 0. The summed E-state index contributed by atoms with van der Waals surface area (Å²) in [4.78, 5) is 0. The van der Waals surface area contributed by atoms with Gasteiger partial charge in [-0.2, -0.15) is 0 Å². The molecule has 0 amide bonds. The number of hydrogen-bond acceptors (Lipinski definition) is 0. The second-order valence-corrected chi connectivity index (χ2v) is 18.6. The summed E-state index contributed by atoms with van der Waals surface area (Å²) in [5.74, 6) is -0.100. The first-order valence-electron chi connectivity index (χ1n) is 16.6. The van der Waals surface area contributed by atoms with Crippen LogP contribution in [0.2, 0.25) is 0 Å². The first kappa shape index (κ1) is 32.1. The number of allylic oxidation sites excluding steroid dienone is 1. The summed E-state index contributed by atoms with van der Waals surface area (Å²) in [5, 5.41) is 1.50. The van der Waals surface area contributed by atoms with Crippen molar-refractivity contribution in [1.82, 2.24) is 0 Å². The summed E-state index contributed by atoms with van der Waals surface area (Å²) in [7, 11) is 0. The van der Waals surface area contributed by atoms with Crippen molar-refractivity contribution in [3.63, 3.8) is 0 Å². The van der Waals surface area contributed by atoms with Crippen LogP contribution < -0.4 is 5.30 Å². The van der Waals surface area contributed by atoms with E-state index in [-0.39, 0.29) is 5.82 Å². The van der Waals surface area contributed by atoms with E-state index in [0.717, 1.165) is 0 Å². The van der Waals surface area contributed by atoms with Crippen LogP contribution in [0.4, 0.5) is 4.39 Å². The molecule has 0 bridgehead atoms. The third kappa shape index (κ3) is 8.28. The third-order valence-corrected chi connectivity index (χ3v) is 17.7. The van der Waals surface area contributed by atoms with Crippen LogP contribution in [0.5, 0.6) is 0 Å². The first-order chi connectivity index (χ1) is 19.1. The Morgan fingerprint density at radius 1 is 0.564 bits per heavy atom. The van der Waals surface area contributed by atoms with Gasteiger partial charge in [0.2, 0.25) is 0 Å². The fraction of sp³-hybridized carbons (Fsp3) is 0.622. The van der Waals surface area contributed by atoms with Crippen LogP contribution in [0.3, 0.4) is 0 Å². The third-order valence-electron chi connectivity index (χ3n) is 9.69. The molecule has 0 saturated carbocycles. The quantitative estimate of drug-likeness (QED) is 0.107. The molecule has 0 saturated heterocycles. The molecule has 0 aromatic heterocycles. The van der Waals surface area contributed by atoms with Crippen LogP contribution in [0.15, 0.2) is 54.6 Å². The molecule has 39 heavy (non-hydrogen) atoms. The summed E-state index contributed by atoms with van der Waals surface area (Å²) in [6, 6.07) is 17.1. The van der Waals surface area contributed by atoms with Gasteiger partial charge in [-0.3, -0.25) is 0 Å². The van der Waals surface area contributed by atoms with Crippen molar-refractivity contribution in [1.29, 1.82) is 0 Å². The van der Waals surface area contributed by atoms with Gasteiger partial charge in [0.05, 0.1) is 0 Å². The molecule has 2 heteroatoms. The number of benzene rings is 2. The van der Waals surface area contributed by atoms with Gasteiger partial charge in [0.15, 0.2) is 0 Å². The minimum atomic E-state index is -2.49. The summed E-state index contributed by atoms with van der Waals surface area (Å²) in [6.07, 6.45) is 30.4. The summed E-state index contributed by atoms with van der Waals surface area (Å²) in [5.41, 5.74) is 3.42. The first-order valence-corrected chi connectivity index (χ1v) is 19.5. The fourth-order valence-corrected chi connectivity index (χ4v) is 15.8. The SMILES string of the molecule is CCCCCCCCCCCP(CCC)(CCCCCCCC)(c1ccc(F)cc1)C1C=Cc2ccccc21. The molecule has 1 atom stereocenters. The van der Waals surface area contributed by atoms with Crippen LogP contribution in [0, 0.1) is 5.82 Å². The predicted molar refractivity (Wildman–Crippen MR) is 177 cm³/mol. The fourth-order valence-electron chi connectivity index (χ4n) is 7.62. The van der Waals surface area contributed by atoms with Gasteiger partial charge in [0, 0.05) is 0 Å². The van der Waals surface area contributed by atoms with Crippen LogP contribution >= 0.6 is 6.60 Å². The molecule has 0 N–H and O–H groups in total. The van der Waals surface area contributed by atoms with Gasteiger partial charge in [-0.25, -0.2) is 0 Å².